The molecule has 3 aromatic rings. The van der Waals surface area contributed by atoms with Gasteiger partial charge in [-0.2, -0.15) is 0 Å². The van der Waals surface area contributed by atoms with E-state index in [1.807, 2.05) is 0 Å². The molecule has 1 aromatic carbocycles. The molecule has 2 aromatic heterocycles. The number of pyridine rings is 1. The van der Waals surface area contributed by atoms with Gasteiger partial charge >= 0.3 is 0 Å². The highest BCUT2D eigenvalue weighted by Crippen LogP contribution is 2.20. The Morgan fingerprint density at radius 1 is 1.27 bits per heavy atom. The molecule has 0 radical (unpaired) electrons. The van der Waals surface area contributed by atoms with Gasteiger partial charge < -0.3 is 10.4 Å². The molecule has 7 heteroatoms. The topological polar surface area (TPSA) is 66.6 Å². The van der Waals surface area contributed by atoms with Crippen molar-refractivity contribution in [3.63, 3.8) is 0 Å². The lowest BCUT2D eigenvalue weighted by Crippen LogP contribution is -2.22. The van der Waals surface area contributed by atoms with Crippen molar-refractivity contribution in [1.82, 2.24) is 9.38 Å². The van der Waals surface area contributed by atoms with E-state index in [1.165, 1.54) is 18.3 Å². The lowest BCUT2D eigenvalue weighted by atomic mass is 10.2. The maximum absolute atomic E-state index is 13.8. The summed E-state index contributed by atoms with van der Waals surface area (Å²) < 4.78 is 14.9. The molecule has 0 saturated heterocycles. The van der Waals surface area contributed by atoms with Gasteiger partial charge in [-0.05, 0) is 36.4 Å². The van der Waals surface area contributed by atoms with Crippen LogP contribution in [0.1, 0.15) is 5.56 Å². The number of nitrogens with zero attached hydrogens (tertiary/aromatic N) is 2. The molecular weight excluding hydrogens is 309 g/mol. The van der Waals surface area contributed by atoms with E-state index in [2.05, 4.69) is 10.3 Å². The highest BCUT2D eigenvalue weighted by Gasteiger charge is 2.14. The third-order valence-electron chi connectivity index (χ3n) is 3.17. The van der Waals surface area contributed by atoms with E-state index in [0.29, 0.717) is 10.7 Å². The minimum atomic E-state index is -0.622. The van der Waals surface area contributed by atoms with Gasteiger partial charge in [0.1, 0.15) is 5.82 Å². The van der Waals surface area contributed by atoms with Crippen molar-refractivity contribution in [3.05, 3.63) is 69.4 Å². The Kier molecular flexibility index (Phi) is 3.79. The first-order chi connectivity index (χ1) is 10.6. The van der Waals surface area contributed by atoms with E-state index in [9.17, 15) is 14.3 Å². The van der Waals surface area contributed by atoms with Crippen LogP contribution in [0.4, 0.5) is 15.9 Å². The molecule has 2 heterocycles. The van der Waals surface area contributed by atoms with Crippen LogP contribution in [0, 0.1) is 5.82 Å². The van der Waals surface area contributed by atoms with Crippen molar-refractivity contribution < 1.29 is 9.50 Å². The van der Waals surface area contributed by atoms with E-state index >= 15 is 0 Å². The van der Waals surface area contributed by atoms with Crippen LogP contribution in [0.15, 0.2) is 47.4 Å². The summed E-state index contributed by atoms with van der Waals surface area (Å²) in [5, 5.41) is 12.9. The van der Waals surface area contributed by atoms with E-state index in [-0.39, 0.29) is 17.0 Å². The third-order valence-corrected chi connectivity index (χ3v) is 3.42. The summed E-state index contributed by atoms with van der Waals surface area (Å²) in [6.45, 7) is -0.513. The Morgan fingerprint density at radius 2 is 2.00 bits per heavy atom. The Bertz CT molecular complexity index is 894. The Labute approximate surface area is 129 Å². The van der Waals surface area contributed by atoms with Gasteiger partial charge in [0.2, 0.25) is 0 Å². The molecule has 0 spiro atoms. The molecular formula is C15H11ClFN3O2. The number of benzene rings is 1. The first-order valence-corrected chi connectivity index (χ1v) is 6.81. The van der Waals surface area contributed by atoms with Crippen molar-refractivity contribution in [2.24, 2.45) is 0 Å². The molecule has 0 aliphatic rings. The second-order valence-corrected chi connectivity index (χ2v) is 5.02. The number of hydrogen-bond acceptors (Lipinski definition) is 4. The monoisotopic (exact) mass is 319 g/mol. The zero-order chi connectivity index (χ0) is 15.7. The number of aliphatic hydroxyl groups excluding tert-OH is 1. The maximum atomic E-state index is 13.8. The summed E-state index contributed by atoms with van der Waals surface area (Å²) in [5.41, 5.74) is 0.0365. The summed E-state index contributed by atoms with van der Waals surface area (Å²) in [4.78, 5) is 16.4. The second-order valence-electron chi connectivity index (χ2n) is 4.58. The molecule has 22 heavy (non-hydrogen) atoms. The molecule has 0 atom stereocenters. The number of fused-ring (bicyclic) bond motifs is 1. The van der Waals surface area contributed by atoms with Crippen molar-refractivity contribution in [3.8, 4) is 0 Å². The third kappa shape index (κ3) is 2.54. The van der Waals surface area contributed by atoms with Gasteiger partial charge in [-0.25, -0.2) is 9.37 Å². The fraction of sp³-hybridized carbons (Fsp3) is 0.0667. The molecule has 0 fully saturated rings. The fourth-order valence-electron chi connectivity index (χ4n) is 2.08. The van der Waals surface area contributed by atoms with Crippen LogP contribution in [0.2, 0.25) is 5.02 Å². The van der Waals surface area contributed by atoms with Crippen LogP contribution < -0.4 is 10.9 Å². The lowest BCUT2D eigenvalue weighted by molar-refractivity contribution is 0.280. The van der Waals surface area contributed by atoms with Crippen LogP contribution in [-0.2, 0) is 6.61 Å². The average Bonchev–Trinajstić information content (AvgIpc) is 2.51. The van der Waals surface area contributed by atoms with Gasteiger partial charge in [0.05, 0.1) is 12.2 Å². The minimum absolute atomic E-state index is 0.0538. The van der Waals surface area contributed by atoms with Crippen molar-refractivity contribution >= 4 is 28.8 Å². The number of rotatable bonds is 3. The standard InChI is InChI=1S/C15H11ClFN3O2/c16-9-3-5-10(6-4-9)18-13-11(8-21)15(22)20-7-1-2-12(17)14(20)19-13/h1-7,18,21H,8H2. The van der Waals surface area contributed by atoms with Gasteiger partial charge in [0, 0.05) is 16.9 Å². The first kappa shape index (κ1) is 14.5. The van der Waals surface area contributed by atoms with E-state index in [0.717, 1.165) is 4.40 Å². The predicted molar refractivity (Wildman–Crippen MR) is 82.1 cm³/mol. The summed E-state index contributed by atoms with van der Waals surface area (Å²) in [5.74, 6) is -0.511. The van der Waals surface area contributed by atoms with Crippen molar-refractivity contribution in [2.75, 3.05) is 5.32 Å². The normalized spacial score (nSPS) is 10.9. The zero-order valence-electron chi connectivity index (χ0n) is 11.3. The van der Waals surface area contributed by atoms with Crippen molar-refractivity contribution in [2.45, 2.75) is 6.61 Å². The molecule has 0 aliphatic heterocycles. The van der Waals surface area contributed by atoms with Gasteiger partial charge in [0.15, 0.2) is 11.5 Å². The largest absolute Gasteiger partial charge is 0.391 e. The van der Waals surface area contributed by atoms with Gasteiger partial charge in [0.25, 0.3) is 5.56 Å². The van der Waals surface area contributed by atoms with Gasteiger partial charge in [-0.15, -0.1) is 0 Å². The molecule has 0 amide bonds. The minimum Gasteiger partial charge on any atom is -0.391 e. The Morgan fingerprint density at radius 3 is 2.68 bits per heavy atom. The van der Waals surface area contributed by atoms with Gasteiger partial charge in [-0.1, -0.05) is 11.6 Å². The molecule has 2 N–H and O–H groups in total. The van der Waals surface area contributed by atoms with E-state index in [1.54, 1.807) is 24.3 Å². The van der Waals surface area contributed by atoms with Crippen LogP contribution in [0.25, 0.3) is 5.65 Å². The number of anilines is 2. The van der Waals surface area contributed by atoms with Crippen molar-refractivity contribution in [1.29, 1.82) is 0 Å². The zero-order valence-corrected chi connectivity index (χ0v) is 12.0. The summed E-state index contributed by atoms with van der Waals surface area (Å²) in [6.07, 6.45) is 1.40. The summed E-state index contributed by atoms with van der Waals surface area (Å²) in [6, 6.07) is 9.32. The Balaban J connectivity index is 2.17. The number of hydrogen-bond donors (Lipinski definition) is 2. The Hall–Kier alpha value is -2.44. The molecule has 112 valence electrons. The SMILES string of the molecule is O=c1c(CO)c(Nc2ccc(Cl)cc2)nc2c(F)cccn12. The maximum Gasteiger partial charge on any atom is 0.265 e. The van der Waals surface area contributed by atoms with E-state index in [4.69, 9.17) is 11.6 Å². The lowest BCUT2D eigenvalue weighted by Gasteiger charge is -2.11. The molecule has 0 unspecified atom stereocenters. The quantitative estimate of drug-likeness (QED) is 0.779. The van der Waals surface area contributed by atoms with E-state index < -0.39 is 18.0 Å². The van der Waals surface area contributed by atoms with Gasteiger partial charge in [-0.3, -0.25) is 9.20 Å². The highest BCUT2D eigenvalue weighted by molar-refractivity contribution is 6.30. The molecule has 0 saturated carbocycles. The van der Waals surface area contributed by atoms with Crippen LogP contribution in [-0.4, -0.2) is 14.5 Å². The molecule has 5 nitrogen and oxygen atoms in total. The number of aliphatic hydroxyl groups is 1. The average molecular weight is 320 g/mol. The second kappa shape index (κ2) is 5.75. The summed E-state index contributed by atoms with van der Waals surface area (Å²) >= 11 is 5.81. The number of halogens is 2. The van der Waals surface area contributed by atoms with Crippen LogP contribution in [0.5, 0.6) is 0 Å². The molecule has 0 bridgehead atoms. The molecule has 0 aliphatic carbocycles. The summed E-state index contributed by atoms with van der Waals surface area (Å²) in [7, 11) is 0. The smallest absolute Gasteiger partial charge is 0.265 e. The highest BCUT2D eigenvalue weighted by atomic mass is 35.5. The first-order valence-electron chi connectivity index (χ1n) is 6.43. The number of aromatic nitrogens is 2. The molecule has 3 rings (SSSR count). The predicted octanol–water partition coefficient (Wildman–Crippen LogP) is 2.72. The fourth-order valence-corrected chi connectivity index (χ4v) is 2.21. The van der Waals surface area contributed by atoms with Crippen LogP contribution >= 0.6 is 11.6 Å². The van der Waals surface area contributed by atoms with Crippen LogP contribution in [0.3, 0.4) is 0 Å². The number of nitrogens with one attached hydrogen (secondary N) is 1.